The van der Waals surface area contributed by atoms with E-state index in [4.69, 9.17) is 0 Å². The maximum Gasteiger partial charge on any atom is 0.0482 e. The zero-order valence-corrected chi connectivity index (χ0v) is 11.8. The summed E-state index contributed by atoms with van der Waals surface area (Å²) >= 11 is 0. The van der Waals surface area contributed by atoms with Gasteiger partial charge in [-0.1, -0.05) is 36.3 Å². The number of aliphatic imine (C=N–C) groups is 1. The molecule has 1 nitrogen and oxygen atoms in total. The van der Waals surface area contributed by atoms with Gasteiger partial charge in [0.05, 0.1) is 0 Å². The number of rotatable bonds is 2. The van der Waals surface area contributed by atoms with Gasteiger partial charge in [-0.25, -0.2) is 0 Å². The van der Waals surface area contributed by atoms with Crippen LogP contribution in [-0.2, 0) is 0 Å². The lowest BCUT2D eigenvalue weighted by Gasteiger charge is -2.31. The molecule has 0 amide bonds. The number of benzene rings is 1. The van der Waals surface area contributed by atoms with Crippen molar-refractivity contribution in [1.29, 1.82) is 0 Å². The Balaban J connectivity index is 2.09. The Morgan fingerprint density at radius 2 is 2.05 bits per heavy atom. The highest BCUT2D eigenvalue weighted by molar-refractivity contribution is 5.80. The molecule has 1 aromatic rings. The summed E-state index contributed by atoms with van der Waals surface area (Å²) in [5.41, 5.74) is 6.92. The molecule has 0 spiro atoms. The van der Waals surface area contributed by atoms with Crippen LogP contribution in [0.4, 0.5) is 0 Å². The van der Waals surface area contributed by atoms with Crippen LogP contribution in [0, 0.1) is 19.8 Å². The third kappa shape index (κ3) is 2.42. The molecule has 0 radical (unpaired) electrons. The fourth-order valence-electron chi connectivity index (χ4n) is 3.03. The Hall–Kier alpha value is -1.63. The second-order valence-electron chi connectivity index (χ2n) is 5.72. The lowest BCUT2D eigenvalue weighted by Crippen LogP contribution is -2.15. The van der Waals surface area contributed by atoms with Gasteiger partial charge in [-0.2, -0.15) is 0 Å². The highest BCUT2D eigenvalue weighted by atomic mass is 14.7. The molecule has 2 aliphatic rings. The molecular formula is C18H21N. The lowest BCUT2D eigenvalue weighted by atomic mass is 9.75. The van der Waals surface area contributed by atoms with Crippen LogP contribution in [0.5, 0.6) is 0 Å². The third-order valence-corrected chi connectivity index (χ3v) is 4.26. The van der Waals surface area contributed by atoms with Gasteiger partial charge < -0.3 is 0 Å². The minimum absolute atomic E-state index is 0.722. The van der Waals surface area contributed by atoms with Gasteiger partial charge in [0.15, 0.2) is 0 Å². The van der Waals surface area contributed by atoms with Crippen molar-refractivity contribution in [2.75, 3.05) is 0 Å². The van der Waals surface area contributed by atoms with Gasteiger partial charge in [-0.05, 0) is 55.4 Å². The van der Waals surface area contributed by atoms with E-state index in [1.54, 1.807) is 0 Å². The largest absolute Gasteiger partial charge is 0.261 e. The van der Waals surface area contributed by atoms with Crippen molar-refractivity contribution >= 4 is 11.8 Å². The molecule has 1 saturated carbocycles. The van der Waals surface area contributed by atoms with Crippen molar-refractivity contribution in [2.24, 2.45) is 10.9 Å². The number of hydrogen-bond acceptors (Lipinski definition) is 1. The van der Waals surface area contributed by atoms with E-state index in [1.165, 1.54) is 47.2 Å². The van der Waals surface area contributed by atoms with E-state index in [-0.39, 0.29) is 0 Å². The van der Waals surface area contributed by atoms with Gasteiger partial charge in [0, 0.05) is 18.3 Å². The summed E-state index contributed by atoms with van der Waals surface area (Å²) in [7, 11) is 0. The van der Waals surface area contributed by atoms with E-state index in [2.05, 4.69) is 43.1 Å². The topological polar surface area (TPSA) is 12.4 Å². The maximum absolute atomic E-state index is 4.64. The minimum Gasteiger partial charge on any atom is -0.261 e. The van der Waals surface area contributed by atoms with E-state index in [9.17, 15) is 0 Å². The first-order valence-electron chi connectivity index (χ1n) is 7.25. The molecule has 1 aliphatic carbocycles. The normalized spacial score (nSPS) is 21.4. The average molecular weight is 251 g/mol. The first kappa shape index (κ1) is 12.4. The lowest BCUT2D eigenvalue weighted by molar-refractivity contribution is 0.398. The van der Waals surface area contributed by atoms with Crippen molar-refractivity contribution in [3.05, 3.63) is 52.7 Å². The van der Waals surface area contributed by atoms with Crippen molar-refractivity contribution < 1.29 is 0 Å². The highest BCUT2D eigenvalue weighted by Crippen LogP contribution is 2.42. The highest BCUT2D eigenvalue weighted by Gasteiger charge is 2.26. The Morgan fingerprint density at radius 3 is 2.63 bits per heavy atom. The first-order chi connectivity index (χ1) is 9.25. The number of nitrogens with zero attached hydrogens (tertiary/aromatic N) is 1. The molecule has 0 unspecified atom stereocenters. The van der Waals surface area contributed by atoms with Gasteiger partial charge in [-0.15, -0.1) is 0 Å². The summed E-state index contributed by atoms with van der Waals surface area (Å²) < 4.78 is 0. The predicted octanol–water partition coefficient (Wildman–Crippen LogP) is 4.85. The van der Waals surface area contributed by atoms with Crippen LogP contribution in [0.15, 0.2) is 41.0 Å². The van der Waals surface area contributed by atoms with Crippen molar-refractivity contribution in [1.82, 2.24) is 0 Å². The molecule has 0 N–H and O–H groups in total. The van der Waals surface area contributed by atoms with E-state index >= 15 is 0 Å². The van der Waals surface area contributed by atoms with Crippen LogP contribution < -0.4 is 0 Å². The molecule has 19 heavy (non-hydrogen) atoms. The third-order valence-electron chi connectivity index (χ3n) is 4.26. The molecule has 1 fully saturated rings. The second kappa shape index (κ2) is 5.16. The average Bonchev–Trinajstić information content (AvgIpc) is 2.35. The Labute approximate surface area is 115 Å². The van der Waals surface area contributed by atoms with E-state index in [0.717, 1.165) is 12.3 Å². The molecular weight excluding hydrogens is 230 g/mol. The number of hydrogen-bond donors (Lipinski definition) is 0. The van der Waals surface area contributed by atoms with Crippen LogP contribution in [-0.4, -0.2) is 6.21 Å². The maximum atomic E-state index is 4.64. The summed E-state index contributed by atoms with van der Waals surface area (Å²) in [6.45, 7) is 4.39. The molecule has 0 saturated heterocycles. The van der Waals surface area contributed by atoms with Crippen molar-refractivity contribution in [3.8, 4) is 0 Å². The van der Waals surface area contributed by atoms with Crippen molar-refractivity contribution in [2.45, 2.75) is 39.5 Å². The van der Waals surface area contributed by atoms with Crippen LogP contribution in [0.3, 0.4) is 0 Å². The molecule has 1 aliphatic heterocycles. The van der Waals surface area contributed by atoms with Crippen LogP contribution in [0.2, 0.25) is 0 Å². The fourth-order valence-corrected chi connectivity index (χ4v) is 3.03. The van der Waals surface area contributed by atoms with Crippen LogP contribution >= 0.6 is 0 Å². The molecule has 1 aromatic carbocycles. The van der Waals surface area contributed by atoms with E-state index < -0.39 is 0 Å². The minimum atomic E-state index is 0.722. The number of dihydropyridines is 1. The van der Waals surface area contributed by atoms with Gasteiger partial charge in [0.2, 0.25) is 0 Å². The van der Waals surface area contributed by atoms with E-state index in [1.807, 2.05) is 12.3 Å². The zero-order valence-electron chi connectivity index (χ0n) is 11.8. The fraction of sp³-hybridized carbons (Fsp3) is 0.389. The van der Waals surface area contributed by atoms with Crippen LogP contribution in [0.1, 0.15) is 42.4 Å². The Kier molecular flexibility index (Phi) is 3.37. The summed E-state index contributed by atoms with van der Waals surface area (Å²) in [6, 6.07) is 6.81. The quantitative estimate of drug-likeness (QED) is 0.712. The van der Waals surface area contributed by atoms with Crippen molar-refractivity contribution in [3.63, 3.8) is 0 Å². The van der Waals surface area contributed by atoms with Gasteiger partial charge in [0.1, 0.15) is 0 Å². The predicted molar refractivity (Wildman–Crippen MR) is 82.4 cm³/mol. The molecule has 0 aromatic heterocycles. The zero-order chi connectivity index (χ0) is 13.2. The SMILES string of the molecule is Cc1ccc(/C(=C2/CC=CC=N2)C2CCC2)c(C)c1. The summed E-state index contributed by atoms with van der Waals surface area (Å²) in [5, 5.41) is 0. The summed E-state index contributed by atoms with van der Waals surface area (Å²) in [5.74, 6) is 0.722. The smallest absolute Gasteiger partial charge is 0.0482 e. The molecule has 1 heteroatoms. The number of aryl methyl sites for hydroxylation is 2. The molecule has 0 bridgehead atoms. The second-order valence-corrected chi connectivity index (χ2v) is 5.72. The van der Waals surface area contributed by atoms with Crippen LogP contribution in [0.25, 0.3) is 5.57 Å². The standard InChI is InChI=1S/C18H21N/c1-13-9-10-16(14(2)12-13)18(15-6-5-7-15)17-8-3-4-11-19-17/h3-4,9-12,15H,5-8H2,1-2H3/b18-17-. The molecule has 3 rings (SSSR count). The summed E-state index contributed by atoms with van der Waals surface area (Å²) in [6.07, 6.45) is 11.2. The van der Waals surface area contributed by atoms with E-state index in [0.29, 0.717) is 0 Å². The molecule has 1 heterocycles. The Morgan fingerprint density at radius 1 is 1.21 bits per heavy atom. The first-order valence-corrected chi connectivity index (χ1v) is 7.25. The molecule has 98 valence electrons. The summed E-state index contributed by atoms with van der Waals surface area (Å²) in [4.78, 5) is 4.64. The van der Waals surface area contributed by atoms with Gasteiger partial charge in [-0.3, -0.25) is 4.99 Å². The van der Waals surface area contributed by atoms with Gasteiger partial charge in [0.25, 0.3) is 0 Å². The Bertz CT molecular complexity index is 571. The molecule has 0 atom stereocenters. The van der Waals surface area contributed by atoms with Gasteiger partial charge >= 0.3 is 0 Å². The number of allylic oxidation sites excluding steroid dienone is 3. The monoisotopic (exact) mass is 251 g/mol.